The number of carboxylic acid groups (broad SMARTS) is 1. The lowest BCUT2D eigenvalue weighted by Crippen LogP contribution is -2.54. The van der Waals surface area contributed by atoms with Gasteiger partial charge in [-0.3, -0.25) is 9.59 Å². The third-order valence-electron chi connectivity index (χ3n) is 3.26. The van der Waals surface area contributed by atoms with Crippen molar-refractivity contribution in [2.45, 2.75) is 44.8 Å². The number of hydrogen-bond donors (Lipinski definition) is 2. The highest BCUT2D eigenvalue weighted by molar-refractivity contribution is 5.83. The van der Waals surface area contributed by atoms with E-state index in [-0.39, 0.29) is 12.8 Å². The normalized spacial score (nSPS) is 29.8. The minimum absolute atomic E-state index is 0.255. The lowest BCUT2D eigenvalue weighted by atomic mass is 9.71. The second kappa shape index (κ2) is 4.54. The van der Waals surface area contributed by atoms with Crippen molar-refractivity contribution in [3.05, 3.63) is 0 Å². The Labute approximate surface area is 96.2 Å². The molecule has 0 heterocycles. The second-order valence-corrected chi connectivity index (χ2v) is 4.49. The fraction of sp³-hybridized carbons (Fsp3) is 0.800. The Kier molecular flexibility index (Phi) is 3.68. The Balaban J connectivity index is 2.80. The van der Waals surface area contributed by atoms with Crippen LogP contribution in [0.3, 0.4) is 0 Å². The van der Waals surface area contributed by atoms with Crippen LogP contribution in [0.1, 0.15) is 32.6 Å². The van der Waals surface area contributed by atoms with E-state index in [1.54, 1.807) is 5.32 Å². The fourth-order valence-electron chi connectivity index (χ4n) is 2.06. The first kappa shape index (κ1) is 13.8. The summed E-state index contributed by atoms with van der Waals surface area (Å²) < 4.78 is 36.3. The number of nitrogens with one attached hydrogen (secondary N) is 1. The molecule has 1 rings (SSSR count). The van der Waals surface area contributed by atoms with Crippen molar-refractivity contribution in [1.82, 2.24) is 5.32 Å². The summed E-state index contributed by atoms with van der Waals surface area (Å²) in [6.45, 7) is 1.37. The molecule has 4 nitrogen and oxygen atoms in total. The lowest BCUT2D eigenvalue weighted by molar-refractivity contribution is -0.176. The standard InChI is InChI=1S/C10H14F3NO3/c1-9(8(16)17)5-3-2-4-6(9)14-7(15)10(11,12)13/h6H,2-5H2,1H3,(H,14,15)(H,16,17). The summed E-state index contributed by atoms with van der Waals surface area (Å²) in [5.74, 6) is -3.25. The molecule has 0 aromatic heterocycles. The quantitative estimate of drug-likeness (QED) is 0.787. The average molecular weight is 253 g/mol. The third kappa shape index (κ3) is 2.89. The highest BCUT2D eigenvalue weighted by Gasteiger charge is 2.47. The van der Waals surface area contributed by atoms with Gasteiger partial charge >= 0.3 is 18.1 Å². The van der Waals surface area contributed by atoms with Crippen molar-refractivity contribution in [3.8, 4) is 0 Å². The summed E-state index contributed by atoms with van der Waals surface area (Å²) >= 11 is 0. The van der Waals surface area contributed by atoms with Gasteiger partial charge in [0.15, 0.2) is 0 Å². The number of amides is 1. The first-order valence-electron chi connectivity index (χ1n) is 5.29. The fourth-order valence-corrected chi connectivity index (χ4v) is 2.06. The molecule has 0 saturated heterocycles. The van der Waals surface area contributed by atoms with E-state index in [4.69, 9.17) is 5.11 Å². The Morgan fingerprint density at radius 1 is 1.35 bits per heavy atom. The maximum absolute atomic E-state index is 12.1. The van der Waals surface area contributed by atoms with Crippen LogP contribution < -0.4 is 5.32 Å². The van der Waals surface area contributed by atoms with Crippen LogP contribution in [0.15, 0.2) is 0 Å². The number of rotatable bonds is 2. The number of alkyl halides is 3. The summed E-state index contributed by atoms with van der Waals surface area (Å²) in [5, 5.41) is 10.8. The van der Waals surface area contributed by atoms with Gasteiger partial charge in [-0.05, 0) is 19.8 Å². The second-order valence-electron chi connectivity index (χ2n) is 4.49. The zero-order chi connectivity index (χ0) is 13.3. The zero-order valence-corrected chi connectivity index (χ0v) is 9.30. The number of hydrogen-bond acceptors (Lipinski definition) is 2. The molecule has 2 N–H and O–H groups in total. The highest BCUT2D eigenvalue weighted by atomic mass is 19.4. The molecule has 1 amide bonds. The van der Waals surface area contributed by atoms with E-state index in [2.05, 4.69) is 0 Å². The Morgan fingerprint density at radius 2 is 1.94 bits per heavy atom. The van der Waals surface area contributed by atoms with Crippen molar-refractivity contribution in [3.63, 3.8) is 0 Å². The summed E-state index contributed by atoms with van der Waals surface area (Å²) in [7, 11) is 0. The summed E-state index contributed by atoms with van der Waals surface area (Å²) in [4.78, 5) is 21.9. The predicted molar refractivity (Wildman–Crippen MR) is 52.2 cm³/mol. The van der Waals surface area contributed by atoms with Gasteiger partial charge in [0.2, 0.25) is 0 Å². The van der Waals surface area contributed by atoms with Gasteiger partial charge in [0.1, 0.15) is 0 Å². The maximum Gasteiger partial charge on any atom is 0.471 e. The van der Waals surface area contributed by atoms with Crippen molar-refractivity contribution in [1.29, 1.82) is 0 Å². The van der Waals surface area contributed by atoms with Gasteiger partial charge in [-0.15, -0.1) is 0 Å². The predicted octanol–water partition coefficient (Wildman–Crippen LogP) is 1.70. The van der Waals surface area contributed by atoms with Gasteiger partial charge in [-0.25, -0.2) is 0 Å². The Morgan fingerprint density at radius 3 is 2.41 bits per heavy atom. The van der Waals surface area contributed by atoms with Crippen molar-refractivity contribution in [2.24, 2.45) is 5.41 Å². The Bertz CT molecular complexity index is 329. The van der Waals surface area contributed by atoms with Crippen molar-refractivity contribution < 1.29 is 27.9 Å². The molecule has 17 heavy (non-hydrogen) atoms. The van der Waals surface area contributed by atoms with Gasteiger partial charge in [-0.1, -0.05) is 12.8 Å². The number of carbonyl (C=O) groups excluding carboxylic acids is 1. The van der Waals surface area contributed by atoms with E-state index in [0.717, 1.165) is 0 Å². The smallest absolute Gasteiger partial charge is 0.471 e. The van der Waals surface area contributed by atoms with Crippen LogP contribution in [0.25, 0.3) is 0 Å². The average Bonchev–Trinajstić information content (AvgIpc) is 2.19. The molecule has 98 valence electrons. The molecule has 0 aliphatic heterocycles. The van der Waals surface area contributed by atoms with Crippen LogP contribution in [0.2, 0.25) is 0 Å². The van der Waals surface area contributed by atoms with Gasteiger partial charge in [0.05, 0.1) is 5.41 Å². The van der Waals surface area contributed by atoms with Crippen LogP contribution in [-0.2, 0) is 9.59 Å². The maximum atomic E-state index is 12.1. The lowest BCUT2D eigenvalue weighted by Gasteiger charge is -2.38. The molecule has 2 unspecified atom stereocenters. The Hall–Kier alpha value is -1.27. The number of carboxylic acids is 1. The minimum atomic E-state index is -4.98. The van der Waals surface area contributed by atoms with E-state index in [0.29, 0.717) is 12.8 Å². The van der Waals surface area contributed by atoms with Gasteiger partial charge < -0.3 is 10.4 Å². The van der Waals surface area contributed by atoms with E-state index < -0.39 is 29.5 Å². The summed E-state index contributed by atoms with van der Waals surface area (Å²) in [6, 6.07) is -0.970. The monoisotopic (exact) mass is 253 g/mol. The first-order chi connectivity index (χ1) is 7.68. The summed E-state index contributed by atoms with van der Waals surface area (Å²) in [5.41, 5.74) is -1.32. The topological polar surface area (TPSA) is 66.4 Å². The molecule has 0 bridgehead atoms. The van der Waals surface area contributed by atoms with E-state index in [1.807, 2.05) is 0 Å². The first-order valence-corrected chi connectivity index (χ1v) is 5.29. The molecular weight excluding hydrogens is 239 g/mol. The zero-order valence-electron chi connectivity index (χ0n) is 9.30. The highest BCUT2D eigenvalue weighted by Crippen LogP contribution is 2.36. The van der Waals surface area contributed by atoms with Crippen LogP contribution in [0, 0.1) is 5.41 Å². The number of aliphatic carboxylic acids is 1. The van der Waals surface area contributed by atoms with Gasteiger partial charge in [0, 0.05) is 6.04 Å². The van der Waals surface area contributed by atoms with E-state index in [1.165, 1.54) is 6.92 Å². The van der Waals surface area contributed by atoms with Gasteiger partial charge in [-0.2, -0.15) is 13.2 Å². The molecular formula is C10H14F3NO3. The molecule has 0 aromatic rings. The molecule has 1 aliphatic carbocycles. The molecule has 1 aliphatic rings. The number of carbonyl (C=O) groups is 2. The third-order valence-corrected chi connectivity index (χ3v) is 3.26. The molecule has 0 spiro atoms. The minimum Gasteiger partial charge on any atom is -0.481 e. The van der Waals surface area contributed by atoms with Crippen LogP contribution in [0.5, 0.6) is 0 Å². The molecule has 1 saturated carbocycles. The van der Waals surface area contributed by atoms with E-state index in [9.17, 15) is 22.8 Å². The summed E-state index contributed by atoms with van der Waals surface area (Å²) in [6.07, 6.45) is -3.19. The molecule has 1 fully saturated rings. The molecule has 2 atom stereocenters. The van der Waals surface area contributed by atoms with Gasteiger partial charge in [0.25, 0.3) is 0 Å². The molecule has 0 aromatic carbocycles. The van der Waals surface area contributed by atoms with Crippen LogP contribution in [-0.4, -0.2) is 29.2 Å². The van der Waals surface area contributed by atoms with Crippen molar-refractivity contribution in [2.75, 3.05) is 0 Å². The molecule has 7 heteroatoms. The SMILES string of the molecule is CC1(C(=O)O)CCCCC1NC(=O)C(F)(F)F. The van der Waals surface area contributed by atoms with Crippen LogP contribution >= 0.6 is 0 Å². The number of halogens is 3. The molecule has 0 radical (unpaired) electrons. The van der Waals surface area contributed by atoms with E-state index >= 15 is 0 Å². The van der Waals surface area contributed by atoms with Crippen LogP contribution in [0.4, 0.5) is 13.2 Å². The largest absolute Gasteiger partial charge is 0.481 e. The van der Waals surface area contributed by atoms with Crippen molar-refractivity contribution >= 4 is 11.9 Å².